The van der Waals surface area contributed by atoms with Crippen molar-refractivity contribution < 1.29 is 33.2 Å². The van der Waals surface area contributed by atoms with Crippen LogP contribution in [-0.2, 0) is 33.2 Å². The van der Waals surface area contributed by atoms with Crippen LogP contribution >= 0.6 is 0 Å². The molecule has 0 N–H and O–H groups in total. The fraction of sp³-hybridized carbons (Fsp3) is 1.00. The molecule has 0 aromatic carbocycles. The molecule has 0 amide bonds. The Bertz CT molecular complexity index is 273. The molecule has 0 bridgehead atoms. The monoisotopic (exact) mass is 378 g/mol. The van der Waals surface area contributed by atoms with E-state index in [1.807, 2.05) is 0 Å². The molecule has 1 fully saturated rings. The van der Waals surface area contributed by atoms with Gasteiger partial charge in [-0.05, 0) is 12.3 Å². The van der Waals surface area contributed by atoms with Crippen LogP contribution in [0.4, 0.5) is 0 Å². The molecule has 1 heterocycles. The Morgan fingerprint density at radius 2 is 1.27 bits per heavy atom. The summed E-state index contributed by atoms with van der Waals surface area (Å²) in [7, 11) is 0. The zero-order chi connectivity index (χ0) is 18.7. The fourth-order valence-corrected chi connectivity index (χ4v) is 2.22. The van der Waals surface area contributed by atoms with Gasteiger partial charge in [-0.25, -0.2) is 0 Å². The molecule has 2 atom stereocenters. The summed E-state index contributed by atoms with van der Waals surface area (Å²) in [5.74, 6) is 0.689. The standard InChI is InChI=1S/C19H38O7/c1-3-18(2)4-5-24-16-19-17-25-13-12-22-9-8-20-6-7-21-10-11-23-14-15-26-19/h18-19H,3-17H2,1-2H3. The van der Waals surface area contributed by atoms with Crippen molar-refractivity contribution in [3.63, 3.8) is 0 Å². The molecule has 7 nitrogen and oxygen atoms in total. The quantitative estimate of drug-likeness (QED) is 0.654. The highest BCUT2D eigenvalue weighted by Gasteiger charge is 2.11. The van der Waals surface area contributed by atoms with E-state index in [4.69, 9.17) is 33.2 Å². The van der Waals surface area contributed by atoms with Crippen molar-refractivity contribution in [2.24, 2.45) is 5.92 Å². The van der Waals surface area contributed by atoms with Crippen LogP contribution in [0.5, 0.6) is 0 Å². The SMILES string of the molecule is CCC(C)CCOCC1COCCOCCOCCOCCOCCO1. The number of ether oxygens (including phenoxy) is 7. The molecule has 0 aliphatic carbocycles. The largest absolute Gasteiger partial charge is 0.379 e. The molecule has 1 rings (SSSR count). The van der Waals surface area contributed by atoms with E-state index in [1.54, 1.807) is 0 Å². The van der Waals surface area contributed by atoms with Crippen LogP contribution in [0.15, 0.2) is 0 Å². The van der Waals surface area contributed by atoms with Crippen molar-refractivity contribution in [1.82, 2.24) is 0 Å². The van der Waals surface area contributed by atoms with Gasteiger partial charge in [0.2, 0.25) is 0 Å². The Balaban J connectivity index is 2.23. The minimum absolute atomic E-state index is 0.0889. The van der Waals surface area contributed by atoms with Crippen LogP contribution in [0.2, 0.25) is 0 Å². The predicted octanol–water partition coefficient (Wildman–Crippen LogP) is 1.92. The molecule has 1 saturated heterocycles. The van der Waals surface area contributed by atoms with Crippen LogP contribution in [0, 0.1) is 5.92 Å². The summed E-state index contributed by atoms with van der Waals surface area (Å²) in [6.07, 6.45) is 2.16. The van der Waals surface area contributed by atoms with E-state index in [2.05, 4.69) is 13.8 Å². The molecule has 156 valence electrons. The predicted molar refractivity (Wildman–Crippen MR) is 98.7 cm³/mol. The zero-order valence-corrected chi connectivity index (χ0v) is 16.6. The number of hydrogen-bond donors (Lipinski definition) is 0. The fourth-order valence-electron chi connectivity index (χ4n) is 2.22. The van der Waals surface area contributed by atoms with Crippen LogP contribution in [-0.4, -0.2) is 92.0 Å². The Morgan fingerprint density at radius 1 is 0.769 bits per heavy atom. The molecule has 0 spiro atoms. The van der Waals surface area contributed by atoms with Crippen molar-refractivity contribution in [2.45, 2.75) is 32.8 Å². The molecule has 7 heteroatoms. The maximum absolute atomic E-state index is 5.84. The van der Waals surface area contributed by atoms with Gasteiger partial charge in [0.05, 0.1) is 79.3 Å². The molecular weight excluding hydrogens is 340 g/mol. The highest BCUT2D eigenvalue weighted by atomic mass is 16.6. The lowest BCUT2D eigenvalue weighted by Crippen LogP contribution is -2.28. The summed E-state index contributed by atoms with van der Waals surface area (Å²) in [5, 5.41) is 0. The van der Waals surface area contributed by atoms with Crippen molar-refractivity contribution >= 4 is 0 Å². The zero-order valence-electron chi connectivity index (χ0n) is 16.6. The third kappa shape index (κ3) is 14.8. The highest BCUT2D eigenvalue weighted by molar-refractivity contribution is 4.57. The second-order valence-corrected chi connectivity index (χ2v) is 6.39. The number of rotatable bonds is 6. The Kier molecular flexibility index (Phi) is 16.5. The molecule has 0 aromatic heterocycles. The maximum Gasteiger partial charge on any atom is 0.104 e. The van der Waals surface area contributed by atoms with Gasteiger partial charge in [0.1, 0.15) is 6.10 Å². The smallest absolute Gasteiger partial charge is 0.104 e. The lowest BCUT2D eigenvalue weighted by Gasteiger charge is -2.19. The van der Waals surface area contributed by atoms with Gasteiger partial charge in [0, 0.05) is 6.61 Å². The van der Waals surface area contributed by atoms with E-state index in [-0.39, 0.29) is 6.10 Å². The van der Waals surface area contributed by atoms with Crippen LogP contribution in [0.25, 0.3) is 0 Å². The summed E-state index contributed by atoms with van der Waals surface area (Å²) >= 11 is 0. The summed E-state index contributed by atoms with van der Waals surface area (Å²) in [6.45, 7) is 11.7. The number of hydrogen-bond acceptors (Lipinski definition) is 7. The van der Waals surface area contributed by atoms with E-state index in [0.717, 1.165) is 13.0 Å². The molecule has 1 aliphatic rings. The molecule has 0 saturated carbocycles. The van der Waals surface area contributed by atoms with Crippen molar-refractivity contribution in [2.75, 3.05) is 85.9 Å². The van der Waals surface area contributed by atoms with Gasteiger partial charge in [-0.15, -0.1) is 0 Å². The van der Waals surface area contributed by atoms with Gasteiger partial charge >= 0.3 is 0 Å². The first-order chi connectivity index (χ1) is 12.8. The highest BCUT2D eigenvalue weighted by Crippen LogP contribution is 2.06. The Hall–Kier alpha value is -0.280. The molecule has 1 aliphatic heterocycles. The van der Waals surface area contributed by atoms with E-state index >= 15 is 0 Å². The lowest BCUT2D eigenvalue weighted by atomic mass is 10.1. The maximum atomic E-state index is 5.84. The Labute approximate surface area is 158 Å². The summed E-state index contributed by atoms with van der Waals surface area (Å²) in [4.78, 5) is 0. The normalized spacial score (nSPS) is 24.5. The average Bonchev–Trinajstić information content (AvgIpc) is 2.65. The minimum Gasteiger partial charge on any atom is -0.379 e. The summed E-state index contributed by atoms with van der Waals surface area (Å²) < 4.78 is 39.1. The molecular formula is C19H38O7. The van der Waals surface area contributed by atoms with Gasteiger partial charge in [0.15, 0.2) is 0 Å². The van der Waals surface area contributed by atoms with Gasteiger partial charge in [-0.1, -0.05) is 20.3 Å². The van der Waals surface area contributed by atoms with E-state index in [1.165, 1.54) is 6.42 Å². The summed E-state index contributed by atoms with van der Waals surface area (Å²) in [5.41, 5.74) is 0. The Morgan fingerprint density at radius 3 is 1.81 bits per heavy atom. The minimum atomic E-state index is -0.0889. The first-order valence-corrected chi connectivity index (χ1v) is 9.91. The molecule has 0 radical (unpaired) electrons. The molecule has 26 heavy (non-hydrogen) atoms. The van der Waals surface area contributed by atoms with Gasteiger partial charge < -0.3 is 33.2 Å². The van der Waals surface area contributed by atoms with Crippen molar-refractivity contribution in [1.29, 1.82) is 0 Å². The first-order valence-electron chi connectivity index (χ1n) is 9.91. The molecule has 2 unspecified atom stereocenters. The van der Waals surface area contributed by atoms with Crippen molar-refractivity contribution in [3.8, 4) is 0 Å². The topological polar surface area (TPSA) is 64.6 Å². The van der Waals surface area contributed by atoms with Crippen LogP contribution in [0.1, 0.15) is 26.7 Å². The second-order valence-electron chi connectivity index (χ2n) is 6.39. The van der Waals surface area contributed by atoms with Gasteiger partial charge in [-0.2, -0.15) is 0 Å². The van der Waals surface area contributed by atoms with Crippen LogP contribution in [0.3, 0.4) is 0 Å². The second kappa shape index (κ2) is 18.1. The van der Waals surface area contributed by atoms with Gasteiger partial charge in [-0.3, -0.25) is 0 Å². The van der Waals surface area contributed by atoms with E-state index in [0.29, 0.717) is 85.2 Å². The third-order valence-corrected chi connectivity index (χ3v) is 4.13. The van der Waals surface area contributed by atoms with Gasteiger partial charge in [0.25, 0.3) is 0 Å². The van der Waals surface area contributed by atoms with E-state index in [9.17, 15) is 0 Å². The molecule has 0 aromatic rings. The average molecular weight is 379 g/mol. The van der Waals surface area contributed by atoms with Crippen molar-refractivity contribution in [3.05, 3.63) is 0 Å². The van der Waals surface area contributed by atoms with Crippen LogP contribution < -0.4 is 0 Å². The van der Waals surface area contributed by atoms with E-state index < -0.39 is 0 Å². The third-order valence-electron chi connectivity index (χ3n) is 4.13. The lowest BCUT2D eigenvalue weighted by molar-refractivity contribution is -0.0851. The summed E-state index contributed by atoms with van der Waals surface area (Å²) in [6, 6.07) is 0. The first kappa shape index (κ1) is 23.8.